The summed E-state index contributed by atoms with van der Waals surface area (Å²) in [6, 6.07) is 16.9. The van der Waals surface area contributed by atoms with E-state index in [1.165, 1.54) is 29.9 Å². The van der Waals surface area contributed by atoms with Crippen molar-refractivity contribution in [3.63, 3.8) is 0 Å². The molecule has 3 heteroatoms. The fourth-order valence-electron chi connectivity index (χ4n) is 3.01. The molecular weight excluding hydrogens is 280 g/mol. The van der Waals surface area contributed by atoms with Crippen LogP contribution in [0.3, 0.4) is 0 Å². The number of hydrogen-bond acceptors (Lipinski definition) is 1. The van der Waals surface area contributed by atoms with Gasteiger partial charge in [-0.05, 0) is 30.7 Å². The van der Waals surface area contributed by atoms with Crippen molar-refractivity contribution in [3.8, 4) is 0 Å². The molecule has 2 nitrogen and oxygen atoms in total. The molecule has 0 aliphatic carbocycles. The first-order chi connectivity index (χ1) is 10.2. The topological polar surface area (TPSA) is 7.68 Å². The molecule has 3 rings (SSSR count). The number of benzene rings is 2. The van der Waals surface area contributed by atoms with Crippen molar-refractivity contribution in [3.05, 3.63) is 64.7 Å². The molecule has 0 aromatic heterocycles. The van der Waals surface area contributed by atoms with Gasteiger partial charge in [0.05, 0.1) is 26.2 Å². The second kappa shape index (κ2) is 6.50. The Bertz CT molecular complexity index is 604. The zero-order valence-electron chi connectivity index (χ0n) is 12.5. The SMILES string of the molecule is Cc1ccccc1C[NH+]1CCN(c2cccc(Cl)c2)CC1. The van der Waals surface area contributed by atoms with Crippen molar-refractivity contribution in [1.82, 2.24) is 0 Å². The Morgan fingerprint density at radius 2 is 1.81 bits per heavy atom. The van der Waals surface area contributed by atoms with Crippen molar-refractivity contribution in [2.45, 2.75) is 13.5 Å². The molecule has 110 valence electrons. The first kappa shape index (κ1) is 14.4. The van der Waals surface area contributed by atoms with E-state index in [4.69, 9.17) is 11.6 Å². The highest BCUT2D eigenvalue weighted by Crippen LogP contribution is 2.19. The van der Waals surface area contributed by atoms with Gasteiger partial charge in [0.25, 0.3) is 0 Å². The van der Waals surface area contributed by atoms with Crippen LogP contribution in [0.25, 0.3) is 0 Å². The van der Waals surface area contributed by atoms with Gasteiger partial charge >= 0.3 is 0 Å². The molecule has 0 unspecified atom stereocenters. The van der Waals surface area contributed by atoms with Crippen molar-refractivity contribution < 1.29 is 4.90 Å². The van der Waals surface area contributed by atoms with Gasteiger partial charge in [-0.25, -0.2) is 0 Å². The van der Waals surface area contributed by atoms with Crippen LogP contribution in [0, 0.1) is 6.92 Å². The largest absolute Gasteiger partial charge is 0.360 e. The summed E-state index contributed by atoms with van der Waals surface area (Å²) in [7, 11) is 0. The standard InChI is InChI=1S/C18H21ClN2/c1-15-5-2-3-6-16(15)14-20-9-11-21(12-10-20)18-8-4-7-17(19)13-18/h2-8,13H,9-12,14H2,1H3/p+1. The summed E-state index contributed by atoms with van der Waals surface area (Å²) >= 11 is 6.09. The van der Waals surface area contributed by atoms with Gasteiger partial charge in [0.1, 0.15) is 6.54 Å². The molecule has 1 N–H and O–H groups in total. The minimum atomic E-state index is 0.821. The van der Waals surface area contributed by atoms with E-state index >= 15 is 0 Å². The summed E-state index contributed by atoms with van der Waals surface area (Å²) in [5.74, 6) is 0. The Balaban J connectivity index is 1.59. The summed E-state index contributed by atoms with van der Waals surface area (Å²) in [5, 5.41) is 0.821. The van der Waals surface area contributed by atoms with Crippen LogP contribution in [-0.4, -0.2) is 26.2 Å². The van der Waals surface area contributed by atoms with E-state index in [0.717, 1.165) is 24.7 Å². The lowest BCUT2D eigenvalue weighted by Gasteiger charge is -2.34. The molecule has 1 fully saturated rings. The molecule has 1 aliphatic heterocycles. The van der Waals surface area contributed by atoms with E-state index in [9.17, 15) is 0 Å². The van der Waals surface area contributed by atoms with Crippen LogP contribution in [0.2, 0.25) is 5.02 Å². The van der Waals surface area contributed by atoms with Gasteiger partial charge < -0.3 is 9.80 Å². The highest BCUT2D eigenvalue weighted by molar-refractivity contribution is 6.30. The number of quaternary nitrogens is 1. The monoisotopic (exact) mass is 301 g/mol. The average Bonchev–Trinajstić information content (AvgIpc) is 2.50. The second-order valence-electron chi connectivity index (χ2n) is 5.82. The predicted octanol–water partition coefficient (Wildman–Crippen LogP) is 2.55. The summed E-state index contributed by atoms with van der Waals surface area (Å²) in [6.45, 7) is 7.90. The van der Waals surface area contributed by atoms with Gasteiger partial charge in [-0.3, -0.25) is 0 Å². The van der Waals surface area contributed by atoms with Crippen molar-refractivity contribution in [2.24, 2.45) is 0 Å². The van der Waals surface area contributed by atoms with Crippen LogP contribution < -0.4 is 9.80 Å². The van der Waals surface area contributed by atoms with Gasteiger partial charge in [0.2, 0.25) is 0 Å². The number of halogens is 1. The van der Waals surface area contributed by atoms with Gasteiger partial charge in [-0.2, -0.15) is 0 Å². The Morgan fingerprint density at radius 3 is 2.52 bits per heavy atom. The van der Waals surface area contributed by atoms with E-state index in [-0.39, 0.29) is 0 Å². The Hall–Kier alpha value is -1.51. The van der Waals surface area contributed by atoms with E-state index in [1.807, 2.05) is 12.1 Å². The number of nitrogens with one attached hydrogen (secondary N) is 1. The first-order valence-electron chi connectivity index (χ1n) is 7.61. The van der Waals surface area contributed by atoms with E-state index in [2.05, 4.69) is 48.2 Å². The van der Waals surface area contributed by atoms with Crippen LogP contribution in [0.1, 0.15) is 11.1 Å². The minimum absolute atomic E-state index is 0.821. The molecule has 2 aromatic carbocycles. The predicted molar refractivity (Wildman–Crippen MR) is 89.2 cm³/mol. The average molecular weight is 302 g/mol. The second-order valence-corrected chi connectivity index (χ2v) is 6.26. The Morgan fingerprint density at radius 1 is 1.05 bits per heavy atom. The van der Waals surface area contributed by atoms with Crippen LogP contribution in [0.4, 0.5) is 5.69 Å². The van der Waals surface area contributed by atoms with Gasteiger partial charge in [-0.15, -0.1) is 0 Å². The molecule has 2 aromatic rings. The lowest BCUT2D eigenvalue weighted by Crippen LogP contribution is -3.13. The van der Waals surface area contributed by atoms with E-state index in [1.54, 1.807) is 4.90 Å². The molecule has 1 saturated heterocycles. The van der Waals surface area contributed by atoms with Crippen LogP contribution in [0.15, 0.2) is 48.5 Å². The minimum Gasteiger partial charge on any atom is -0.360 e. The Labute approximate surface area is 131 Å². The molecule has 1 aliphatic rings. The normalized spacial score (nSPS) is 16.2. The maximum absolute atomic E-state index is 6.09. The van der Waals surface area contributed by atoms with Gasteiger partial charge in [-0.1, -0.05) is 41.9 Å². The van der Waals surface area contributed by atoms with Crippen molar-refractivity contribution in [2.75, 3.05) is 31.1 Å². The maximum Gasteiger partial charge on any atom is 0.103 e. The van der Waals surface area contributed by atoms with E-state index in [0.29, 0.717) is 0 Å². The highest BCUT2D eigenvalue weighted by atomic mass is 35.5. The summed E-state index contributed by atoms with van der Waals surface area (Å²) in [5.41, 5.74) is 4.13. The summed E-state index contributed by atoms with van der Waals surface area (Å²) < 4.78 is 0. The molecule has 0 bridgehead atoms. The van der Waals surface area contributed by atoms with Crippen LogP contribution in [0.5, 0.6) is 0 Å². The number of rotatable bonds is 3. The lowest BCUT2D eigenvalue weighted by atomic mass is 10.1. The maximum atomic E-state index is 6.09. The third-order valence-electron chi connectivity index (χ3n) is 4.35. The van der Waals surface area contributed by atoms with Gasteiger partial charge in [0.15, 0.2) is 0 Å². The quantitative estimate of drug-likeness (QED) is 0.915. The first-order valence-corrected chi connectivity index (χ1v) is 7.99. The number of piperazine rings is 1. The lowest BCUT2D eigenvalue weighted by molar-refractivity contribution is -0.914. The molecule has 0 spiro atoms. The highest BCUT2D eigenvalue weighted by Gasteiger charge is 2.20. The summed E-state index contributed by atoms with van der Waals surface area (Å²) in [4.78, 5) is 4.11. The molecule has 1 heterocycles. The third kappa shape index (κ3) is 3.58. The molecular formula is C18H22ClN2+. The van der Waals surface area contributed by atoms with Crippen molar-refractivity contribution in [1.29, 1.82) is 0 Å². The Kier molecular flexibility index (Phi) is 4.47. The molecule has 21 heavy (non-hydrogen) atoms. The molecule has 0 atom stereocenters. The zero-order valence-corrected chi connectivity index (χ0v) is 13.2. The smallest absolute Gasteiger partial charge is 0.103 e. The molecule has 0 saturated carbocycles. The number of aryl methyl sites for hydroxylation is 1. The number of hydrogen-bond donors (Lipinski definition) is 1. The fraction of sp³-hybridized carbons (Fsp3) is 0.333. The number of nitrogens with zero attached hydrogens (tertiary/aromatic N) is 1. The van der Waals surface area contributed by atoms with Gasteiger partial charge in [0, 0.05) is 16.3 Å². The van der Waals surface area contributed by atoms with E-state index < -0.39 is 0 Å². The van der Waals surface area contributed by atoms with Crippen LogP contribution in [-0.2, 0) is 6.54 Å². The van der Waals surface area contributed by atoms with Crippen molar-refractivity contribution >= 4 is 17.3 Å². The molecule has 0 radical (unpaired) electrons. The third-order valence-corrected chi connectivity index (χ3v) is 4.58. The van der Waals surface area contributed by atoms with Crippen LogP contribution >= 0.6 is 11.6 Å². The molecule has 0 amide bonds. The zero-order chi connectivity index (χ0) is 14.7. The number of anilines is 1. The fourth-order valence-corrected chi connectivity index (χ4v) is 3.19. The summed E-state index contributed by atoms with van der Waals surface area (Å²) in [6.07, 6.45) is 0.